The average molecular weight is 700 g/mol. The lowest BCUT2D eigenvalue weighted by atomic mass is 10.1. The van der Waals surface area contributed by atoms with Gasteiger partial charge in [-0.1, -0.05) is 0 Å². The summed E-state index contributed by atoms with van der Waals surface area (Å²) in [5.41, 5.74) is 13.3. The second kappa shape index (κ2) is 16.8. The van der Waals surface area contributed by atoms with E-state index < -0.39 is 78.2 Å². The topological polar surface area (TPSA) is 336 Å². The lowest BCUT2D eigenvalue weighted by molar-refractivity contribution is -0.144. The maximum atomic E-state index is 12.8. The molecule has 23 heteroatoms. The number of hydrogen-bond acceptors (Lipinski definition) is 16. The van der Waals surface area contributed by atoms with Crippen LogP contribution in [0.15, 0.2) is 30.5 Å². The van der Waals surface area contributed by atoms with Crippen LogP contribution in [0.5, 0.6) is 0 Å². The second-order valence-corrected chi connectivity index (χ2v) is 11.2. The SMILES string of the molecule is CN(Cc1cnc2nc(N)nc(N)c2n1)c1ccc(C(=O)NC(CCC(=O)NC(CC(OP(O)O)O[PH](=O)O)C(=O)O)C(=O)O)cc1. The van der Waals surface area contributed by atoms with Crippen LogP contribution in [0.2, 0.25) is 0 Å². The lowest BCUT2D eigenvalue weighted by Crippen LogP contribution is -2.45. The highest BCUT2D eigenvalue weighted by molar-refractivity contribution is 7.39. The molecule has 2 heterocycles. The average Bonchev–Trinajstić information content (AvgIpc) is 2.98. The lowest BCUT2D eigenvalue weighted by Gasteiger charge is -2.22. The van der Waals surface area contributed by atoms with E-state index >= 15 is 0 Å². The number of nitrogens with two attached hydrogens (primary N) is 2. The van der Waals surface area contributed by atoms with Crippen LogP contribution < -0.4 is 27.0 Å². The Morgan fingerprint density at radius 2 is 1.68 bits per heavy atom. The Bertz CT molecular complexity index is 1630. The fraction of sp³-hybridized carbons (Fsp3) is 0.333. The van der Waals surface area contributed by atoms with Crippen molar-refractivity contribution in [2.75, 3.05) is 23.4 Å². The highest BCUT2D eigenvalue weighted by Gasteiger charge is 2.29. The van der Waals surface area contributed by atoms with Crippen molar-refractivity contribution in [2.45, 2.75) is 44.2 Å². The molecule has 3 aromatic rings. The molecule has 3 rings (SSSR count). The Labute approximate surface area is 266 Å². The minimum atomic E-state index is -3.69. The first-order valence-corrected chi connectivity index (χ1v) is 15.7. The van der Waals surface area contributed by atoms with Gasteiger partial charge in [0, 0.05) is 31.1 Å². The number of rotatable bonds is 17. The summed E-state index contributed by atoms with van der Waals surface area (Å²) in [6.45, 7) is 0.289. The van der Waals surface area contributed by atoms with Crippen LogP contribution >= 0.6 is 16.9 Å². The Kier molecular flexibility index (Phi) is 13.2. The third-order valence-corrected chi connectivity index (χ3v) is 7.13. The number of nitrogens with one attached hydrogen (secondary N) is 2. The van der Waals surface area contributed by atoms with Crippen LogP contribution in [0.25, 0.3) is 11.2 Å². The van der Waals surface area contributed by atoms with E-state index in [1.54, 1.807) is 24.1 Å². The number of anilines is 3. The second-order valence-electron chi connectivity index (χ2n) is 9.67. The number of fused-ring (bicyclic) bond motifs is 1. The molecule has 21 nitrogen and oxygen atoms in total. The number of benzene rings is 1. The highest BCUT2D eigenvalue weighted by Crippen LogP contribution is 2.33. The van der Waals surface area contributed by atoms with Crippen LogP contribution in [0.4, 0.5) is 17.5 Å². The first kappa shape index (κ1) is 36.8. The molecule has 0 radical (unpaired) electrons. The van der Waals surface area contributed by atoms with Gasteiger partial charge in [0.1, 0.15) is 12.1 Å². The number of aromatic nitrogens is 4. The van der Waals surface area contributed by atoms with Crippen molar-refractivity contribution >= 4 is 69.2 Å². The molecule has 0 aliphatic heterocycles. The number of nitrogen functional groups attached to an aromatic ring is 2. The zero-order valence-electron chi connectivity index (χ0n) is 24.4. The Morgan fingerprint density at radius 1 is 1.02 bits per heavy atom. The minimum Gasteiger partial charge on any atom is -0.480 e. The van der Waals surface area contributed by atoms with Gasteiger partial charge in [0.15, 0.2) is 23.3 Å². The van der Waals surface area contributed by atoms with Crippen molar-refractivity contribution in [3.8, 4) is 0 Å². The number of carboxylic acids is 2. The van der Waals surface area contributed by atoms with E-state index in [4.69, 9.17) is 26.1 Å². The number of amides is 2. The molecule has 4 atom stereocenters. The van der Waals surface area contributed by atoms with Gasteiger partial charge >= 0.3 is 28.8 Å². The number of nitrogens with zero attached hydrogens (tertiary/aromatic N) is 5. The van der Waals surface area contributed by atoms with Crippen molar-refractivity contribution in [1.29, 1.82) is 0 Å². The summed E-state index contributed by atoms with van der Waals surface area (Å²) in [5.74, 6) is -4.74. The summed E-state index contributed by atoms with van der Waals surface area (Å²) >= 11 is 0. The van der Waals surface area contributed by atoms with E-state index in [0.717, 1.165) is 0 Å². The van der Waals surface area contributed by atoms with Crippen molar-refractivity contribution in [3.63, 3.8) is 0 Å². The van der Waals surface area contributed by atoms with Crippen molar-refractivity contribution in [3.05, 3.63) is 41.7 Å². The molecule has 0 saturated carbocycles. The van der Waals surface area contributed by atoms with Crippen molar-refractivity contribution in [1.82, 2.24) is 30.6 Å². The van der Waals surface area contributed by atoms with Gasteiger partial charge in [-0.15, -0.1) is 0 Å². The van der Waals surface area contributed by atoms with E-state index in [-0.39, 0.29) is 29.5 Å². The molecular formula is C24H31N9O12P2. The number of carbonyl (C=O) groups excluding carboxylic acids is 2. The molecule has 2 amide bonds. The normalized spacial score (nSPS) is 13.8. The molecule has 0 aliphatic rings. The zero-order valence-corrected chi connectivity index (χ0v) is 26.3. The summed E-state index contributed by atoms with van der Waals surface area (Å²) in [5, 5.41) is 23.3. The van der Waals surface area contributed by atoms with Gasteiger partial charge in [-0.3, -0.25) is 23.2 Å². The Hall–Kier alpha value is -4.62. The fourth-order valence-electron chi connectivity index (χ4n) is 4.05. The first-order valence-electron chi connectivity index (χ1n) is 13.3. The van der Waals surface area contributed by atoms with Gasteiger partial charge in [-0.25, -0.2) is 19.6 Å². The van der Waals surface area contributed by atoms with Gasteiger partial charge in [-0.2, -0.15) is 9.97 Å². The van der Waals surface area contributed by atoms with Gasteiger partial charge in [0.25, 0.3) is 5.91 Å². The van der Waals surface area contributed by atoms with Gasteiger partial charge < -0.3 is 51.9 Å². The molecule has 1 aromatic carbocycles. The van der Waals surface area contributed by atoms with Crippen molar-refractivity contribution in [2.24, 2.45) is 0 Å². The third kappa shape index (κ3) is 11.3. The third-order valence-electron chi connectivity index (χ3n) is 6.24. The minimum absolute atomic E-state index is 0.0286. The number of hydrogen-bond donors (Lipinski definition) is 9. The van der Waals surface area contributed by atoms with E-state index in [1.165, 1.54) is 18.3 Å². The Balaban J connectivity index is 1.57. The van der Waals surface area contributed by atoms with E-state index in [9.17, 15) is 34.0 Å². The summed E-state index contributed by atoms with van der Waals surface area (Å²) < 4.78 is 19.8. The predicted octanol–water partition coefficient (Wildman–Crippen LogP) is -0.904. The molecule has 47 heavy (non-hydrogen) atoms. The van der Waals surface area contributed by atoms with Crippen LogP contribution in [-0.4, -0.2) is 94.0 Å². The molecule has 2 aromatic heterocycles. The molecular weight excluding hydrogens is 668 g/mol. The van der Waals surface area contributed by atoms with Crippen LogP contribution in [0, 0.1) is 0 Å². The summed E-state index contributed by atoms with van der Waals surface area (Å²) in [6, 6.07) is 2.82. The monoisotopic (exact) mass is 699 g/mol. The molecule has 0 spiro atoms. The standard InChI is InChI=1S/C24H31N9O12P2/c1-33(10-12-9-27-20-18(28-12)19(25)31-24(26)32-20)13-4-2-11(3-5-13)21(35)30-14(22(36)37)6-7-16(34)29-15(23(38)39)8-17(44-46(40)41)45-47(42)43/h2-5,9,14-15,17,40-41,47H,6-8,10H2,1H3,(H,29,34)(H,30,35)(H,36,37)(H,38,39)(H,42,43)(H4,25,26,27,31,32). The number of carbonyl (C=O) groups is 4. The molecule has 0 aliphatic carbocycles. The number of carboxylic acid groups (broad SMARTS) is 2. The Morgan fingerprint density at radius 3 is 2.28 bits per heavy atom. The summed E-state index contributed by atoms with van der Waals surface area (Å²) in [7, 11) is -5.03. The highest BCUT2D eigenvalue weighted by atomic mass is 31.2. The predicted molar refractivity (Wildman–Crippen MR) is 163 cm³/mol. The van der Waals surface area contributed by atoms with Crippen LogP contribution in [-0.2, 0) is 34.5 Å². The van der Waals surface area contributed by atoms with E-state index in [0.29, 0.717) is 16.9 Å². The van der Waals surface area contributed by atoms with E-state index in [1.807, 2.05) is 0 Å². The molecule has 11 N–H and O–H groups in total. The smallest absolute Gasteiger partial charge is 0.329 e. The molecule has 254 valence electrons. The zero-order chi connectivity index (χ0) is 34.8. The summed E-state index contributed by atoms with van der Waals surface area (Å²) in [4.78, 5) is 93.7. The molecule has 0 saturated heterocycles. The summed E-state index contributed by atoms with van der Waals surface area (Å²) in [6.07, 6.45) is -2.15. The quantitative estimate of drug-likeness (QED) is 0.0608. The number of aliphatic carboxylic acids is 2. The first-order chi connectivity index (χ1) is 22.1. The maximum absolute atomic E-state index is 12.8. The van der Waals surface area contributed by atoms with Crippen LogP contribution in [0.1, 0.15) is 35.3 Å². The fourth-order valence-corrected chi connectivity index (χ4v) is 4.84. The van der Waals surface area contributed by atoms with Gasteiger partial charge in [0.05, 0.1) is 18.4 Å². The molecule has 4 unspecified atom stereocenters. The van der Waals surface area contributed by atoms with Crippen molar-refractivity contribution < 1.29 is 57.7 Å². The van der Waals surface area contributed by atoms with Gasteiger partial charge in [0.2, 0.25) is 11.9 Å². The maximum Gasteiger partial charge on any atom is 0.329 e. The van der Waals surface area contributed by atoms with Gasteiger partial charge in [-0.05, 0) is 30.7 Å². The van der Waals surface area contributed by atoms with Crippen LogP contribution in [0.3, 0.4) is 0 Å². The largest absolute Gasteiger partial charge is 0.480 e. The molecule has 0 bridgehead atoms. The van der Waals surface area contributed by atoms with E-state index in [2.05, 4.69) is 39.6 Å². The molecule has 0 fully saturated rings.